The average Bonchev–Trinajstić information content (AvgIpc) is 3.19. The molecule has 1 saturated carbocycles. The number of amides is 2. The van der Waals surface area contributed by atoms with Crippen LogP contribution in [-0.4, -0.2) is 41.8 Å². The number of rotatable bonds is 9. The lowest BCUT2D eigenvalue weighted by Crippen LogP contribution is -2.54. The normalized spacial score (nSPS) is 16.9. The van der Waals surface area contributed by atoms with E-state index in [4.69, 9.17) is 4.74 Å². The minimum Gasteiger partial charge on any atom is -0.480 e. The molecule has 2 aromatic rings. The first-order valence-electron chi connectivity index (χ1n) is 12.2. The Morgan fingerprint density at radius 3 is 2.14 bits per heavy atom. The smallest absolute Gasteiger partial charge is 0.407 e. The zero-order chi connectivity index (χ0) is 24.8. The van der Waals surface area contributed by atoms with Gasteiger partial charge in [-0.15, -0.1) is 6.58 Å². The summed E-state index contributed by atoms with van der Waals surface area (Å²) in [4.78, 5) is 37.4. The van der Waals surface area contributed by atoms with Gasteiger partial charge in [0, 0.05) is 5.92 Å². The third-order valence-corrected chi connectivity index (χ3v) is 7.04. The number of carboxylic acids is 1. The molecule has 3 N–H and O–H groups in total. The molecule has 0 saturated heterocycles. The molecule has 35 heavy (non-hydrogen) atoms. The Bertz CT molecular complexity index is 1050. The van der Waals surface area contributed by atoms with E-state index in [0.717, 1.165) is 54.4 Å². The summed E-state index contributed by atoms with van der Waals surface area (Å²) in [6.07, 6.45) is 5.48. The maximum Gasteiger partial charge on any atom is 0.407 e. The number of alkyl carbamates (subject to hydrolysis) is 1. The predicted octanol–water partition coefficient (Wildman–Crippen LogP) is 4.62. The topological polar surface area (TPSA) is 105 Å². The fraction of sp³-hybridized carbons (Fsp3) is 0.393. The van der Waals surface area contributed by atoms with Crippen molar-refractivity contribution in [2.24, 2.45) is 5.92 Å². The molecule has 0 spiro atoms. The molecular formula is C28H32N2O5. The Morgan fingerprint density at radius 1 is 0.971 bits per heavy atom. The summed E-state index contributed by atoms with van der Waals surface area (Å²) >= 11 is 0. The van der Waals surface area contributed by atoms with Crippen LogP contribution in [0, 0.1) is 5.92 Å². The molecule has 2 aliphatic rings. The van der Waals surface area contributed by atoms with Gasteiger partial charge in [-0.05, 0) is 47.4 Å². The SMILES string of the molecule is C=CCC(NC(=O)OCC1c2ccccc2-c2ccccc21)C(=O)NC(C(=O)O)C1CCCCC1. The summed E-state index contributed by atoms with van der Waals surface area (Å²) in [6.45, 7) is 3.79. The van der Waals surface area contributed by atoms with E-state index >= 15 is 0 Å². The number of fused-ring (bicyclic) bond motifs is 3. The van der Waals surface area contributed by atoms with Crippen molar-refractivity contribution in [1.82, 2.24) is 10.6 Å². The Labute approximate surface area is 205 Å². The van der Waals surface area contributed by atoms with Crippen molar-refractivity contribution in [3.63, 3.8) is 0 Å². The fourth-order valence-electron chi connectivity index (χ4n) is 5.28. The Balaban J connectivity index is 1.39. The van der Waals surface area contributed by atoms with Gasteiger partial charge in [-0.2, -0.15) is 0 Å². The lowest BCUT2D eigenvalue weighted by Gasteiger charge is -2.29. The van der Waals surface area contributed by atoms with Crippen LogP contribution in [0.5, 0.6) is 0 Å². The number of hydrogen-bond donors (Lipinski definition) is 3. The van der Waals surface area contributed by atoms with Crippen molar-refractivity contribution in [3.05, 3.63) is 72.3 Å². The molecule has 7 nitrogen and oxygen atoms in total. The molecule has 0 aliphatic heterocycles. The summed E-state index contributed by atoms with van der Waals surface area (Å²) in [5.41, 5.74) is 4.45. The molecule has 0 radical (unpaired) electrons. The second-order valence-corrected chi connectivity index (χ2v) is 9.27. The van der Waals surface area contributed by atoms with Crippen LogP contribution < -0.4 is 10.6 Å². The number of carbonyl (C=O) groups excluding carboxylic acids is 2. The largest absolute Gasteiger partial charge is 0.480 e. The number of carboxylic acid groups (broad SMARTS) is 1. The van der Waals surface area contributed by atoms with Gasteiger partial charge in [0.2, 0.25) is 5.91 Å². The highest BCUT2D eigenvalue weighted by atomic mass is 16.5. The van der Waals surface area contributed by atoms with Gasteiger partial charge in [0.05, 0.1) is 0 Å². The van der Waals surface area contributed by atoms with Gasteiger partial charge in [0.1, 0.15) is 18.7 Å². The Kier molecular flexibility index (Phi) is 7.85. The zero-order valence-electron chi connectivity index (χ0n) is 19.7. The van der Waals surface area contributed by atoms with Crippen LogP contribution in [-0.2, 0) is 14.3 Å². The number of ether oxygens (including phenoxy) is 1. The van der Waals surface area contributed by atoms with E-state index in [1.54, 1.807) is 0 Å². The third-order valence-electron chi connectivity index (χ3n) is 7.04. The first-order chi connectivity index (χ1) is 17.0. The van der Waals surface area contributed by atoms with Crippen molar-refractivity contribution >= 4 is 18.0 Å². The summed E-state index contributed by atoms with van der Waals surface area (Å²) in [6, 6.07) is 14.2. The highest BCUT2D eigenvalue weighted by Crippen LogP contribution is 2.44. The van der Waals surface area contributed by atoms with E-state index in [9.17, 15) is 19.5 Å². The minimum atomic E-state index is -1.05. The van der Waals surface area contributed by atoms with Crippen molar-refractivity contribution in [2.45, 2.75) is 56.5 Å². The molecule has 2 aliphatic carbocycles. The number of aliphatic carboxylic acids is 1. The molecule has 2 atom stereocenters. The van der Waals surface area contributed by atoms with Gasteiger partial charge in [-0.25, -0.2) is 9.59 Å². The predicted molar refractivity (Wildman–Crippen MR) is 133 cm³/mol. The highest BCUT2D eigenvalue weighted by molar-refractivity contribution is 5.89. The maximum atomic E-state index is 12.9. The van der Waals surface area contributed by atoms with Crippen LogP contribution in [0.1, 0.15) is 55.6 Å². The number of nitrogens with one attached hydrogen (secondary N) is 2. The lowest BCUT2D eigenvalue weighted by molar-refractivity contribution is -0.144. The van der Waals surface area contributed by atoms with Gasteiger partial charge in [-0.3, -0.25) is 4.79 Å². The van der Waals surface area contributed by atoms with Crippen molar-refractivity contribution < 1.29 is 24.2 Å². The van der Waals surface area contributed by atoms with Crippen molar-refractivity contribution in [2.75, 3.05) is 6.61 Å². The van der Waals surface area contributed by atoms with E-state index in [1.807, 2.05) is 36.4 Å². The Hall–Kier alpha value is -3.61. The quantitative estimate of drug-likeness (QED) is 0.458. The summed E-state index contributed by atoms with van der Waals surface area (Å²) in [5.74, 6) is -1.80. The van der Waals surface area contributed by atoms with Crippen LogP contribution in [0.2, 0.25) is 0 Å². The summed E-state index contributed by atoms with van der Waals surface area (Å²) in [5, 5.41) is 14.9. The Morgan fingerprint density at radius 2 is 1.57 bits per heavy atom. The number of hydrogen-bond acceptors (Lipinski definition) is 4. The molecule has 0 heterocycles. The summed E-state index contributed by atoms with van der Waals surface area (Å²) < 4.78 is 5.55. The molecular weight excluding hydrogens is 444 g/mol. The van der Waals surface area contributed by atoms with E-state index in [0.29, 0.717) is 0 Å². The van der Waals surface area contributed by atoms with E-state index in [2.05, 4.69) is 29.3 Å². The third kappa shape index (κ3) is 5.56. The monoisotopic (exact) mass is 476 g/mol. The number of benzene rings is 2. The van der Waals surface area contributed by atoms with Gasteiger partial charge >= 0.3 is 12.1 Å². The molecule has 2 amide bonds. The first kappa shape index (κ1) is 24.5. The molecule has 1 fully saturated rings. The van der Waals surface area contributed by atoms with Crippen LogP contribution in [0.15, 0.2) is 61.2 Å². The second-order valence-electron chi connectivity index (χ2n) is 9.27. The molecule has 184 valence electrons. The minimum absolute atomic E-state index is 0.0949. The van der Waals surface area contributed by atoms with Crippen LogP contribution in [0.4, 0.5) is 4.79 Å². The summed E-state index contributed by atoms with van der Waals surface area (Å²) in [7, 11) is 0. The van der Waals surface area contributed by atoms with Crippen LogP contribution >= 0.6 is 0 Å². The first-order valence-corrected chi connectivity index (χ1v) is 12.2. The molecule has 0 aromatic heterocycles. The fourth-order valence-corrected chi connectivity index (χ4v) is 5.28. The standard InChI is InChI=1S/C28H32N2O5/c1-2-10-24(26(31)30-25(27(32)33)18-11-4-3-5-12-18)29-28(34)35-17-23-21-15-8-6-13-19(21)20-14-7-9-16-22(20)23/h2,6-9,13-16,18,23-25H,1,3-5,10-12,17H2,(H,29,34)(H,30,31)(H,32,33). The molecule has 4 rings (SSSR count). The van der Waals surface area contributed by atoms with Gasteiger partial charge in [0.15, 0.2) is 0 Å². The molecule has 2 unspecified atom stereocenters. The molecule has 2 aromatic carbocycles. The van der Waals surface area contributed by atoms with Gasteiger partial charge in [-0.1, -0.05) is 73.9 Å². The van der Waals surface area contributed by atoms with Gasteiger partial charge < -0.3 is 20.5 Å². The van der Waals surface area contributed by atoms with Crippen molar-refractivity contribution in [3.8, 4) is 11.1 Å². The molecule has 0 bridgehead atoms. The average molecular weight is 477 g/mol. The van der Waals surface area contributed by atoms with E-state index in [1.165, 1.54) is 6.08 Å². The zero-order valence-corrected chi connectivity index (χ0v) is 19.7. The number of carbonyl (C=O) groups is 3. The second kappa shape index (κ2) is 11.2. The lowest BCUT2D eigenvalue weighted by atomic mass is 9.83. The van der Waals surface area contributed by atoms with E-state index in [-0.39, 0.29) is 24.9 Å². The highest BCUT2D eigenvalue weighted by Gasteiger charge is 2.33. The molecule has 7 heteroatoms. The van der Waals surface area contributed by atoms with Gasteiger partial charge in [0.25, 0.3) is 0 Å². The maximum absolute atomic E-state index is 12.9. The van der Waals surface area contributed by atoms with Crippen molar-refractivity contribution in [1.29, 1.82) is 0 Å². The van der Waals surface area contributed by atoms with Crippen LogP contribution in [0.25, 0.3) is 11.1 Å². The van der Waals surface area contributed by atoms with Crippen LogP contribution in [0.3, 0.4) is 0 Å². The van der Waals surface area contributed by atoms with E-state index < -0.39 is 30.1 Å².